The third kappa shape index (κ3) is 3.69. The highest BCUT2D eigenvalue weighted by atomic mass is 16.7. The number of ether oxygens (including phenoxy) is 1. The minimum atomic E-state index is -1.65. The van der Waals surface area contributed by atoms with Gasteiger partial charge in [-0.15, -0.1) is 0 Å². The molecule has 0 aliphatic heterocycles. The van der Waals surface area contributed by atoms with Gasteiger partial charge < -0.3 is 14.6 Å². The second kappa shape index (κ2) is 5.90. The van der Waals surface area contributed by atoms with Crippen LogP contribution >= 0.6 is 0 Å². The van der Waals surface area contributed by atoms with Gasteiger partial charge in [0.2, 0.25) is 0 Å². The van der Waals surface area contributed by atoms with Crippen molar-refractivity contribution in [2.75, 3.05) is 0 Å². The summed E-state index contributed by atoms with van der Waals surface area (Å²) in [6.07, 6.45) is -1.12. The Morgan fingerprint density at radius 3 is 2.30 bits per heavy atom. The van der Waals surface area contributed by atoms with Gasteiger partial charge in [-0.2, -0.15) is 0 Å². The lowest BCUT2D eigenvalue weighted by atomic mass is 9.82. The van der Waals surface area contributed by atoms with Crippen LogP contribution in [0.5, 0.6) is 0 Å². The summed E-state index contributed by atoms with van der Waals surface area (Å²) < 4.78 is 4.45. The van der Waals surface area contributed by atoms with Crippen molar-refractivity contribution in [1.29, 1.82) is 0 Å². The fourth-order valence-electron chi connectivity index (χ4n) is 2.08. The first-order valence-electron chi connectivity index (χ1n) is 6.31. The number of rotatable bonds is 4. The molecule has 6 heteroatoms. The molecule has 0 saturated carbocycles. The van der Waals surface area contributed by atoms with Crippen LogP contribution in [0, 0.1) is 10.1 Å². The Kier molecular flexibility index (Phi) is 4.70. The highest BCUT2D eigenvalue weighted by Gasteiger charge is 2.23. The standard InChI is InChI=1S/C14H19NO5/c1-5-9-6-11(14(2,3)4)10(8-20-13(16)17)7-12(9)15(18)19/h6-7H,5,8H2,1-4H3,(H,16,17)/p-1. The normalized spacial score (nSPS) is 11.2. The van der Waals surface area contributed by atoms with E-state index in [0.29, 0.717) is 17.5 Å². The molecule has 110 valence electrons. The van der Waals surface area contributed by atoms with Crippen LogP contribution in [0.25, 0.3) is 0 Å². The van der Waals surface area contributed by atoms with E-state index in [9.17, 15) is 20.0 Å². The maximum atomic E-state index is 11.1. The van der Waals surface area contributed by atoms with Gasteiger partial charge in [0.1, 0.15) is 0 Å². The van der Waals surface area contributed by atoms with Crippen LogP contribution in [-0.2, 0) is 23.2 Å². The SMILES string of the molecule is CCc1cc(C(C)(C)C)c(COC(=O)[O-])cc1[N+](=O)[O-]. The minimum absolute atomic E-state index is 0.0163. The van der Waals surface area contributed by atoms with E-state index in [-0.39, 0.29) is 17.7 Å². The van der Waals surface area contributed by atoms with Crippen molar-refractivity contribution >= 4 is 11.8 Å². The summed E-state index contributed by atoms with van der Waals surface area (Å²) in [5.41, 5.74) is 1.66. The van der Waals surface area contributed by atoms with Gasteiger partial charge >= 0.3 is 0 Å². The molecule has 6 nitrogen and oxygen atoms in total. The highest BCUT2D eigenvalue weighted by molar-refractivity contribution is 5.55. The minimum Gasteiger partial charge on any atom is -0.545 e. The van der Waals surface area contributed by atoms with Crippen molar-refractivity contribution in [3.05, 3.63) is 38.9 Å². The first-order chi connectivity index (χ1) is 9.16. The van der Waals surface area contributed by atoms with Crippen molar-refractivity contribution in [2.45, 2.75) is 46.1 Å². The molecule has 0 aromatic heterocycles. The Balaban J connectivity index is 3.40. The molecule has 0 N–H and O–H groups in total. The number of nitrogens with zero attached hydrogens (tertiary/aromatic N) is 1. The van der Waals surface area contributed by atoms with Gasteiger partial charge in [0.05, 0.1) is 11.5 Å². The molecule has 0 amide bonds. The molecular weight excluding hydrogens is 262 g/mol. The quantitative estimate of drug-likeness (QED) is 0.479. The predicted molar refractivity (Wildman–Crippen MR) is 71.4 cm³/mol. The van der Waals surface area contributed by atoms with Crippen LogP contribution < -0.4 is 5.11 Å². The molecule has 1 aromatic rings. The molecule has 0 bridgehead atoms. The number of carbonyl (C=O) groups excluding carboxylic acids is 1. The molecule has 0 saturated heterocycles. The zero-order valence-corrected chi connectivity index (χ0v) is 12.1. The molecule has 0 radical (unpaired) electrons. The average Bonchev–Trinajstić information content (AvgIpc) is 2.33. The van der Waals surface area contributed by atoms with Crippen LogP contribution in [0.1, 0.15) is 44.4 Å². The monoisotopic (exact) mass is 280 g/mol. The summed E-state index contributed by atoms with van der Waals surface area (Å²) in [5, 5.41) is 21.5. The van der Waals surface area contributed by atoms with Gasteiger partial charge in [-0.25, -0.2) is 0 Å². The fraction of sp³-hybridized carbons (Fsp3) is 0.500. The topological polar surface area (TPSA) is 92.5 Å². The second-order valence-electron chi connectivity index (χ2n) is 5.54. The lowest BCUT2D eigenvalue weighted by molar-refractivity contribution is -0.385. The van der Waals surface area contributed by atoms with E-state index in [1.54, 1.807) is 6.07 Å². The molecule has 0 unspecified atom stereocenters. The van der Waals surface area contributed by atoms with Crippen molar-refractivity contribution in [2.24, 2.45) is 0 Å². The lowest BCUT2D eigenvalue weighted by Gasteiger charge is -2.24. The van der Waals surface area contributed by atoms with Crippen LogP contribution in [0.4, 0.5) is 10.5 Å². The molecule has 0 aliphatic carbocycles. The Bertz CT molecular complexity index is 531. The van der Waals surface area contributed by atoms with Gasteiger partial charge in [-0.1, -0.05) is 27.7 Å². The highest BCUT2D eigenvalue weighted by Crippen LogP contribution is 2.32. The molecule has 0 aliphatic rings. The number of nitro groups is 1. The third-order valence-electron chi connectivity index (χ3n) is 3.04. The number of hydrogen-bond acceptors (Lipinski definition) is 5. The van der Waals surface area contributed by atoms with Crippen molar-refractivity contribution in [3.8, 4) is 0 Å². The van der Waals surface area contributed by atoms with Gasteiger partial charge in [-0.05, 0) is 29.0 Å². The summed E-state index contributed by atoms with van der Waals surface area (Å²) in [7, 11) is 0. The summed E-state index contributed by atoms with van der Waals surface area (Å²) in [5.74, 6) is 0. The van der Waals surface area contributed by atoms with E-state index in [1.165, 1.54) is 6.07 Å². The fourth-order valence-corrected chi connectivity index (χ4v) is 2.08. The Labute approximate surface area is 117 Å². The van der Waals surface area contributed by atoms with E-state index in [2.05, 4.69) is 4.74 Å². The molecule has 1 rings (SSSR count). The summed E-state index contributed by atoms with van der Waals surface area (Å²) in [6.45, 7) is 7.45. The molecule has 0 heterocycles. The molecule has 1 aromatic carbocycles. The Hall–Kier alpha value is -2.11. The molecule has 20 heavy (non-hydrogen) atoms. The van der Waals surface area contributed by atoms with E-state index < -0.39 is 11.1 Å². The van der Waals surface area contributed by atoms with Crippen molar-refractivity contribution < 1.29 is 19.6 Å². The smallest absolute Gasteiger partial charge is 0.272 e. The number of hydrogen-bond donors (Lipinski definition) is 0. The van der Waals surface area contributed by atoms with Gasteiger partial charge in [0.25, 0.3) is 11.8 Å². The van der Waals surface area contributed by atoms with Crippen LogP contribution in [-0.4, -0.2) is 11.1 Å². The number of benzene rings is 1. The average molecular weight is 280 g/mol. The molecular formula is C14H18NO5-. The number of carbonyl (C=O) groups is 1. The first kappa shape index (κ1) is 15.9. The van der Waals surface area contributed by atoms with Crippen LogP contribution in [0.3, 0.4) is 0 Å². The number of nitro benzene ring substituents is 1. The van der Waals surface area contributed by atoms with Crippen LogP contribution in [0.2, 0.25) is 0 Å². The van der Waals surface area contributed by atoms with E-state index in [1.807, 2.05) is 27.7 Å². The maximum absolute atomic E-state index is 11.1. The largest absolute Gasteiger partial charge is 0.545 e. The van der Waals surface area contributed by atoms with E-state index in [0.717, 1.165) is 5.56 Å². The van der Waals surface area contributed by atoms with Gasteiger partial charge in [0, 0.05) is 11.6 Å². The maximum Gasteiger partial charge on any atom is 0.272 e. The Morgan fingerprint density at radius 1 is 1.30 bits per heavy atom. The zero-order chi connectivity index (χ0) is 15.5. The third-order valence-corrected chi connectivity index (χ3v) is 3.04. The molecule has 0 fully saturated rings. The number of aryl methyl sites for hydroxylation is 1. The summed E-state index contributed by atoms with van der Waals surface area (Å²) in [4.78, 5) is 21.0. The lowest BCUT2D eigenvalue weighted by Crippen LogP contribution is -2.24. The van der Waals surface area contributed by atoms with E-state index in [4.69, 9.17) is 0 Å². The van der Waals surface area contributed by atoms with Gasteiger partial charge in [0.15, 0.2) is 0 Å². The van der Waals surface area contributed by atoms with E-state index >= 15 is 0 Å². The first-order valence-corrected chi connectivity index (χ1v) is 6.31. The molecule has 0 spiro atoms. The predicted octanol–water partition coefficient (Wildman–Crippen LogP) is 2.31. The number of carboxylic acid groups (broad SMARTS) is 1. The molecule has 0 atom stereocenters. The zero-order valence-electron chi connectivity index (χ0n) is 12.1. The van der Waals surface area contributed by atoms with Gasteiger partial charge in [-0.3, -0.25) is 10.1 Å². The summed E-state index contributed by atoms with van der Waals surface area (Å²) in [6, 6.07) is 3.15. The Morgan fingerprint density at radius 2 is 1.90 bits per heavy atom. The van der Waals surface area contributed by atoms with Crippen molar-refractivity contribution in [1.82, 2.24) is 0 Å². The van der Waals surface area contributed by atoms with Crippen molar-refractivity contribution in [3.63, 3.8) is 0 Å². The van der Waals surface area contributed by atoms with Crippen LogP contribution in [0.15, 0.2) is 12.1 Å². The second-order valence-corrected chi connectivity index (χ2v) is 5.54. The summed E-state index contributed by atoms with van der Waals surface area (Å²) >= 11 is 0.